The third-order valence-corrected chi connectivity index (χ3v) is 2.40. The Kier molecular flexibility index (Phi) is 3.62. The summed E-state index contributed by atoms with van der Waals surface area (Å²) in [7, 11) is 3.24. The van der Waals surface area contributed by atoms with Gasteiger partial charge in [0.25, 0.3) is 0 Å². The predicted octanol–water partition coefficient (Wildman–Crippen LogP) is 0.238. The van der Waals surface area contributed by atoms with E-state index in [-0.39, 0.29) is 6.09 Å². The molecule has 0 aromatic heterocycles. The zero-order valence-corrected chi connectivity index (χ0v) is 8.67. The molecule has 0 aromatic rings. The van der Waals surface area contributed by atoms with Gasteiger partial charge < -0.3 is 20.7 Å². The van der Waals surface area contributed by atoms with Crippen LogP contribution in [-0.4, -0.2) is 38.2 Å². The van der Waals surface area contributed by atoms with Crippen molar-refractivity contribution in [3.8, 4) is 0 Å². The van der Waals surface area contributed by atoms with E-state index in [0.717, 1.165) is 17.8 Å². The molecule has 0 bridgehead atoms. The van der Waals surface area contributed by atoms with Crippen molar-refractivity contribution in [3.63, 3.8) is 0 Å². The van der Waals surface area contributed by atoms with E-state index in [0.29, 0.717) is 19.5 Å². The smallest absolute Gasteiger partial charge is 0.409 e. The lowest BCUT2D eigenvalue weighted by Crippen LogP contribution is -2.32. The van der Waals surface area contributed by atoms with Gasteiger partial charge in [-0.1, -0.05) is 0 Å². The normalized spacial score (nSPS) is 17.7. The minimum absolute atomic E-state index is 0.282. The number of hydrogen-bond donors (Lipinski definition) is 2. The quantitative estimate of drug-likeness (QED) is 0.634. The molecule has 1 aliphatic rings. The van der Waals surface area contributed by atoms with Crippen molar-refractivity contribution >= 4 is 6.09 Å². The SMILES string of the molecule is CNC1=C(N)CCN(C(=O)OC)CC1. The van der Waals surface area contributed by atoms with Crippen LogP contribution in [0.2, 0.25) is 0 Å². The highest BCUT2D eigenvalue weighted by Gasteiger charge is 2.18. The standard InChI is InChI=1S/C9H17N3O2/c1-11-8-4-6-12(9(13)14-2)5-3-7(8)10/h11H,3-6,10H2,1-2H3. The van der Waals surface area contributed by atoms with Crippen molar-refractivity contribution < 1.29 is 9.53 Å². The Bertz CT molecular complexity index is 250. The average molecular weight is 199 g/mol. The fraction of sp³-hybridized carbons (Fsp3) is 0.667. The van der Waals surface area contributed by atoms with Gasteiger partial charge in [0, 0.05) is 44.4 Å². The minimum atomic E-state index is -0.282. The molecule has 0 spiro atoms. The molecule has 0 aliphatic carbocycles. The molecule has 0 unspecified atom stereocenters. The summed E-state index contributed by atoms with van der Waals surface area (Å²) < 4.78 is 4.66. The van der Waals surface area contributed by atoms with E-state index in [9.17, 15) is 4.79 Å². The second kappa shape index (κ2) is 4.74. The number of methoxy groups -OCH3 is 1. The summed E-state index contributed by atoms with van der Waals surface area (Å²) in [6, 6.07) is 0. The molecule has 0 saturated heterocycles. The molecule has 1 heterocycles. The van der Waals surface area contributed by atoms with Gasteiger partial charge in [0.1, 0.15) is 0 Å². The highest BCUT2D eigenvalue weighted by atomic mass is 16.5. The van der Waals surface area contributed by atoms with E-state index in [4.69, 9.17) is 5.73 Å². The largest absolute Gasteiger partial charge is 0.453 e. The molecule has 0 radical (unpaired) electrons. The summed E-state index contributed by atoms with van der Waals surface area (Å²) in [5.74, 6) is 0. The molecule has 80 valence electrons. The molecule has 14 heavy (non-hydrogen) atoms. The summed E-state index contributed by atoms with van der Waals surface area (Å²) in [5.41, 5.74) is 7.69. The first-order valence-corrected chi connectivity index (χ1v) is 4.67. The van der Waals surface area contributed by atoms with Gasteiger partial charge in [-0.05, 0) is 0 Å². The topological polar surface area (TPSA) is 67.6 Å². The van der Waals surface area contributed by atoms with Crippen LogP contribution in [0.3, 0.4) is 0 Å². The number of ether oxygens (including phenoxy) is 1. The lowest BCUT2D eigenvalue weighted by atomic mass is 10.2. The Hall–Kier alpha value is -1.39. The monoisotopic (exact) mass is 199 g/mol. The summed E-state index contributed by atoms with van der Waals surface area (Å²) in [6.07, 6.45) is 1.18. The van der Waals surface area contributed by atoms with Crippen LogP contribution in [-0.2, 0) is 4.74 Å². The van der Waals surface area contributed by atoms with Gasteiger partial charge in [0.15, 0.2) is 0 Å². The summed E-state index contributed by atoms with van der Waals surface area (Å²) in [4.78, 5) is 12.9. The van der Waals surface area contributed by atoms with Gasteiger partial charge in [-0.3, -0.25) is 0 Å². The first-order valence-electron chi connectivity index (χ1n) is 4.67. The number of nitrogens with zero attached hydrogens (tertiary/aromatic N) is 1. The third kappa shape index (κ3) is 2.31. The molecule has 0 atom stereocenters. The number of carbonyl (C=O) groups is 1. The molecule has 1 amide bonds. The fourth-order valence-corrected chi connectivity index (χ4v) is 1.52. The zero-order valence-electron chi connectivity index (χ0n) is 8.67. The summed E-state index contributed by atoms with van der Waals surface area (Å²) in [6.45, 7) is 1.28. The van der Waals surface area contributed by atoms with Crippen LogP contribution in [0.1, 0.15) is 12.8 Å². The van der Waals surface area contributed by atoms with Crippen LogP contribution in [0.5, 0.6) is 0 Å². The van der Waals surface area contributed by atoms with E-state index in [1.54, 1.807) is 4.90 Å². The van der Waals surface area contributed by atoms with Crippen molar-refractivity contribution in [2.75, 3.05) is 27.2 Å². The van der Waals surface area contributed by atoms with Crippen LogP contribution >= 0.6 is 0 Å². The molecular formula is C9H17N3O2. The fourth-order valence-electron chi connectivity index (χ4n) is 1.52. The Labute approximate surface area is 83.9 Å². The Morgan fingerprint density at radius 1 is 1.50 bits per heavy atom. The molecule has 0 saturated carbocycles. The van der Waals surface area contributed by atoms with Crippen molar-refractivity contribution in [2.24, 2.45) is 5.73 Å². The maximum atomic E-state index is 11.2. The lowest BCUT2D eigenvalue weighted by molar-refractivity contribution is 0.125. The molecule has 5 nitrogen and oxygen atoms in total. The van der Waals surface area contributed by atoms with Gasteiger partial charge in [-0.25, -0.2) is 4.79 Å². The van der Waals surface area contributed by atoms with E-state index >= 15 is 0 Å². The van der Waals surface area contributed by atoms with Crippen molar-refractivity contribution in [2.45, 2.75) is 12.8 Å². The van der Waals surface area contributed by atoms with Gasteiger partial charge in [0.05, 0.1) is 7.11 Å². The number of amides is 1. The van der Waals surface area contributed by atoms with Gasteiger partial charge >= 0.3 is 6.09 Å². The molecule has 1 rings (SSSR count). The van der Waals surface area contributed by atoms with E-state index in [2.05, 4.69) is 10.1 Å². The highest BCUT2D eigenvalue weighted by molar-refractivity contribution is 5.67. The van der Waals surface area contributed by atoms with Crippen LogP contribution in [0, 0.1) is 0 Å². The highest BCUT2D eigenvalue weighted by Crippen LogP contribution is 2.12. The minimum Gasteiger partial charge on any atom is -0.453 e. The number of nitrogens with one attached hydrogen (secondary N) is 1. The molecule has 0 fully saturated rings. The van der Waals surface area contributed by atoms with E-state index in [1.807, 2.05) is 7.05 Å². The van der Waals surface area contributed by atoms with Crippen molar-refractivity contribution in [1.82, 2.24) is 10.2 Å². The van der Waals surface area contributed by atoms with Gasteiger partial charge in [-0.15, -0.1) is 0 Å². The van der Waals surface area contributed by atoms with E-state index < -0.39 is 0 Å². The van der Waals surface area contributed by atoms with Crippen LogP contribution in [0.4, 0.5) is 4.79 Å². The third-order valence-electron chi connectivity index (χ3n) is 2.40. The summed E-state index contributed by atoms with van der Waals surface area (Å²) >= 11 is 0. The molecular weight excluding hydrogens is 182 g/mol. The number of nitrogens with two attached hydrogens (primary N) is 1. The molecule has 3 N–H and O–H groups in total. The first kappa shape index (κ1) is 10.7. The second-order valence-corrected chi connectivity index (χ2v) is 3.21. The molecule has 0 aromatic carbocycles. The first-order chi connectivity index (χ1) is 6.69. The van der Waals surface area contributed by atoms with Gasteiger partial charge in [-0.2, -0.15) is 0 Å². The van der Waals surface area contributed by atoms with Gasteiger partial charge in [0.2, 0.25) is 0 Å². The van der Waals surface area contributed by atoms with Crippen LogP contribution in [0.15, 0.2) is 11.4 Å². The Morgan fingerprint density at radius 3 is 2.71 bits per heavy atom. The average Bonchev–Trinajstić information content (AvgIpc) is 2.39. The number of rotatable bonds is 1. The van der Waals surface area contributed by atoms with Crippen LogP contribution < -0.4 is 11.1 Å². The molecule has 5 heteroatoms. The van der Waals surface area contributed by atoms with Crippen molar-refractivity contribution in [3.05, 3.63) is 11.4 Å². The Morgan fingerprint density at radius 2 is 2.14 bits per heavy atom. The summed E-state index contributed by atoms with van der Waals surface area (Å²) in [5, 5.41) is 3.05. The number of carbonyl (C=O) groups excluding carboxylic acids is 1. The predicted molar refractivity (Wildman–Crippen MR) is 53.5 cm³/mol. The lowest BCUT2D eigenvalue weighted by Gasteiger charge is -2.18. The second-order valence-electron chi connectivity index (χ2n) is 3.21. The molecule has 1 aliphatic heterocycles. The van der Waals surface area contributed by atoms with Crippen LogP contribution in [0.25, 0.3) is 0 Å². The van der Waals surface area contributed by atoms with Crippen molar-refractivity contribution in [1.29, 1.82) is 0 Å². The Balaban J connectivity index is 2.59. The zero-order chi connectivity index (χ0) is 10.6. The maximum Gasteiger partial charge on any atom is 0.409 e. The number of hydrogen-bond acceptors (Lipinski definition) is 4. The van der Waals surface area contributed by atoms with E-state index in [1.165, 1.54) is 7.11 Å². The maximum absolute atomic E-state index is 11.2.